The van der Waals surface area contributed by atoms with Gasteiger partial charge in [0.15, 0.2) is 0 Å². The molecule has 2 saturated heterocycles. The van der Waals surface area contributed by atoms with Crippen molar-refractivity contribution in [3.05, 3.63) is 33.9 Å². The number of likely N-dealkylation sites (tertiary alicyclic amines) is 1. The predicted octanol–water partition coefficient (Wildman–Crippen LogP) is 3.59. The summed E-state index contributed by atoms with van der Waals surface area (Å²) in [5.74, 6) is -0.262. The number of amides is 2. The zero-order chi connectivity index (χ0) is 24.2. The van der Waals surface area contributed by atoms with Crippen LogP contribution in [0.4, 0.5) is 24.5 Å². The highest BCUT2D eigenvalue weighted by Gasteiger charge is 2.36. The Balaban J connectivity index is 1.56. The number of piperidine rings is 2. The number of anilines is 1. The van der Waals surface area contributed by atoms with Crippen molar-refractivity contribution in [3.63, 3.8) is 0 Å². The van der Waals surface area contributed by atoms with E-state index in [0.29, 0.717) is 64.5 Å². The van der Waals surface area contributed by atoms with Crippen molar-refractivity contribution in [2.75, 3.05) is 37.6 Å². The first-order valence-corrected chi connectivity index (χ1v) is 11.3. The number of rotatable bonds is 6. The van der Waals surface area contributed by atoms with Gasteiger partial charge < -0.3 is 15.1 Å². The quantitative estimate of drug-likeness (QED) is 0.506. The first kappa shape index (κ1) is 24.8. The second-order valence-corrected chi connectivity index (χ2v) is 8.61. The number of carbonyl (C=O) groups is 2. The average Bonchev–Trinajstić information content (AvgIpc) is 2.81. The highest BCUT2D eigenvalue weighted by molar-refractivity contribution is 5.81. The van der Waals surface area contributed by atoms with Crippen LogP contribution >= 0.6 is 0 Å². The molecule has 8 nitrogen and oxygen atoms in total. The number of hydrogen-bond donors (Lipinski definition) is 1. The van der Waals surface area contributed by atoms with Gasteiger partial charge in [-0.1, -0.05) is 6.92 Å². The van der Waals surface area contributed by atoms with Gasteiger partial charge in [0.05, 0.1) is 10.5 Å². The lowest BCUT2D eigenvalue weighted by Gasteiger charge is -2.37. The maximum Gasteiger partial charge on any atom is 0.416 e. The van der Waals surface area contributed by atoms with Crippen LogP contribution in [0.1, 0.15) is 44.6 Å². The largest absolute Gasteiger partial charge is 0.416 e. The summed E-state index contributed by atoms with van der Waals surface area (Å²) in [6, 6.07) is 2.55. The van der Waals surface area contributed by atoms with E-state index >= 15 is 0 Å². The highest BCUT2D eigenvalue weighted by Crippen LogP contribution is 2.38. The third-order valence-electron chi connectivity index (χ3n) is 6.41. The van der Waals surface area contributed by atoms with E-state index in [0.717, 1.165) is 18.6 Å². The van der Waals surface area contributed by atoms with Gasteiger partial charge in [0.2, 0.25) is 11.8 Å². The fraction of sp³-hybridized carbons (Fsp3) is 0.636. The van der Waals surface area contributed by atoms with Crippen molar-refractivity contribution in [2.45, 2.75) is 45.2 Å². The van der Waals surface area contributed by atoms with Crippen molar-refractivity contribution in [1.29, 1.82) is 0 Å². The lowest BCUT2D eigenvalue weighted by molar-refractivity contribution is -0.384. The van der Waals surface area contributed by atoms with Gasteiger partial charge in [0.25, 0.3) is 5.69 Å². The third-order valence-corrected chi connectivity index (χ3v) is 6.41. The Morgan fingerprint density at radius 2 is 1.70 bits per heavy atom. The number of carbonyl (C=O) groups excluding carboxylic acids is 2. The first-order valence-electron chi connectivity index (χ1n) is 11.3. The van der Waals surface area contributed by atoms with Gasteiger partial charge in [-0.25, -0.2) is 0 Å². The van der Waals surface area contributed by atoms with E-state index in [4.69, 9.17) is 0 Å². The fourth-order valence-electron chi connectivity index (χ4n) is 4.49. The lowest BCUT2D eigenvalue weighted by Crippen LogP contribution is -2.47. The summed E-state index contributed by atoms with van der Waals surface area (Å²) >= 11 is 0. The van der Waals surface area contributed by atoms with Gasteiger partial charge in [0, 0.05) is 50.6 Å². The van der Waals surface area contributed by atoms with Crippen molar-refractivity contribution < 1.29 is 27.7 Å². The van der Waals surface area contributed by atoms with E-state index in [1.165, 1.54) is 0 Å². The standard InChI is InChI=1S/C22H29F3N4O4/c1-2-9-26-20(30)15-5-12-28(13-6-15)21(31)16-7-10-27(11-8-16)18-4-3-17(22(23,24)25)14-19(18)29(32)33/h3-4,14-16H,2,5-13H2,1H3,(H,26,30). The number of benzene rings is 1. The van der Waals surface area contributed by atoms with E-state index < -0.39 is 22.4 Å². The minimum atomic E-state index is -4.66. The molecule has 1 aromatic carbocycles. The van der Waals surface area contributed by atoms with Crippen molar-refractivity contribution in [1.82, 2.24) is 10.2 Å². The Labute approximate surface area is 190 Å². The van der Waals surface area contributed by atoms with Crippen molar-refractivity contribution in [3.8, 4) is 0 Å². The van der Waals surface area contributed by atoms with Gasteiger partial charge in [-0.2, -0.15) is 13.2 Å². The van der Waals surface area contributed by atoms with Gasteiger partial charge in [0.1, 0.15) is 5.69 Å². The number of halogens is 3. The van der Waals surface area contributed by atoms with Crippen LogP contribution in [0.2, 0.25) is 0 Å². The number of nitro benzene ring substituents is 1. The molecule has 1 N–H and O–H groups in total. The molecule has 0 unspecified atom stereocenters. The van der Waals surface area contributed by atoms with Crippen LogP contribution in [-0.4, -0.2) is 54.4 Å². The molecule has 2 fully saturated rings. The van der Waals surface area contributed by atoms with Gasteiger partial charge in [-0.15, -0.1) is 0 Å². The number of nitro groups is 1. The Bertz CT molecular complexity index is 877. The molecule has 182 valence electrons. The molecule has 0 aromatic heterocycles. The summed E-state index contributed by atoms with van der Waals surface area (Å²) in [5.41, 5.74) is -1.51. The Hall–Kier alpha value is -2.85. The van der Waals surface area contributed by atoms with Crippen molar-refractivity contribution >= 4 is 23.2 Å². The summed E-state index contributed by atoms with van der Waals surface area (Å²) in [6.07, 6.45) is -1.61. The molecule has 2 heterocycles. The molecule has 0 spiro atoms. The van der Waals surface area contributed by atoms with Gasteiger partial charge >= 0.3 is 6.18 Å². The minimum Gasteiger partial charge on any atom is -0.366 e. The molecular formula is C22H29F3N4O4. The van der Waals surface area contributed by atoms with E-state index in [-0.39, 0.29) is 29.3 Å². The molecule has 3 rings (SSSR count). The molecule has 0 saturated carbocycles. The van der Waals surface area contributed by atoms with Crippen LogP contribution < -0.4 is 10.2 Å². The molecule has 33 heavy (non-hydrogen) atoms. The molecule has 1 aromatic rings. The minimum absolute atomic E-state index is 0.0176. The van der Waals surface area contributed by atoms with Crippen LogP contribution in [0.5, 0.6) is 0 Å². The SMILES string of the molecule is CCCNC(=O)C1CCN(C(=O)C2CCN(c3ccc(C(F)(F)F)cc3[N+](=O)[O-])CC2)CC1. The smallest absolute Gasteiger partial charge is 0.366 e. The van der Waals surface area contributed by atoms with Gasteiger partial charge in [-0.3, -0.25) is 19.7 Å². The lowest BCUT2D eigenvalue weighted by atomic mass is 9.91. The topological polar surface area (TPSA) is 95.8 Å². The molecular weight excluding hydrogens is 441 g/mol. The number of nitrogens with one attached hydrogen (secondary N) is 1. The Morgan fingerprint density at radius 1 is 1.09 bits per heavy atom. The van der Waals surface area contributed by atoms with Crippen LogP contribution in [-0.2, 0) is 15.8 Å². The fourth-order valence-corrected chi connectivity index (χ4v) is 4.49. The molecule has 2 aliphatic heterocycles. The Kier molecular flexibility index (Phi) is 7.80. The zero-order valence-electron chi connectivity index (χ0n) is 18.6. The molecule has 0 aliphatic carbocycles. The van der Waals surface area contributed by atoms with E-state index in [1.807, 2.05) is 6.92 Å². The van der Waals surface area contributed by atoms with Gasteiger partial charge in [-0.05, 0) is 44.2 Å². The summed E-state index contributed by atoms with van der Waals surface area (Å²) in [7, 11) is 0. The van der Waals surface area contributed by atoms with Crippen LogP contribution in [0.15, 0.2) is 18.2 Å². The van der Waals surface area contributed by atoms with E-state index in [9.17, 15) is 32.9 Å². The molecule has 0 atom stereocenters. The summed E-state index contributed by atoms with van der Waals surface area (Å²) in [6.45, 7) is 4.37. The maximum atomic E-state index is 12.9. The van der Waals surface area contributed by atoms with E-state index in [1.54, 1.807) is 9.80 Å². The number of nitrogens with zero attached hydrogens (tertiary/aromatic N) is 3. The van der Waals surface area contributed by atoms with Crippen LogP contribution in [0.25, 0.3) is 0 Å². The van der Waals surface area contributed by atoms with Crippen LogP contribution in [0, 0.1) is 22.0 Å². The molecule has 11 heteroatoms. The zero-order valence-corrected chi connectivity index (χ0v) is 18.6. The average molecular weight is 470 g/mol. The van der Waals surface area contributed by atoms with Crippen molar-refractivity contribution in [2.24, 2.45) is 11.8 Å². The second kappa shape index (κ2) is 10.4. The molecule has 2 aliphatic rings. The highest BCUT2D eigenvalue weighted by atomic mass is 19.4. The van der Waals surface area contributed by atoms with Crippen LogP contribution in [0.3, 0.4) is 0 Å². The molecule has 0 bridgehead atoms. The third kappa shape index (κ3) is 5.94. The molecule has 2 amide bonds. The maximum absolute atomic E-state index is 12.9. The second-order valence-electron chi connectivity index (χ2n) is 8.61. The summed E-state index contributed by atoms with van der Waals surface area (Å²) < 4.78 is 38.8. The monoisotopic (exact) mass is 470 g/mol. The summed E-state index contributed by atoms with van der Waals surface area (Å²) in [4.78, 5) is 39.1. The molecule has 0 radical (unpaired) electrons. The first-order chi connectivity index (χ1) is 15.6. The van der Waals surface area contributed by atoms with E-state index in [2.05, 4.69) is 5.32 Å². The Morgan fingerprint density at radius 3 is 2.24 bits per heavy atom. The predicted molar refractivity (Wildman–Crippen MR) is 116 cm³/mol. The number of alkyl halides is 3. The summed E-state index contributed by atoms with van der Waals surface area (Å²) in [5, 5.41) is 14.3. The number of hydrogen-bond acceptors (Lipinski definition) is 5. The normalized spacial score (nSPS) is 18.3.